The minimum absolute atomic E-state index is 0. The fraction of sp³-hybridized carbons (Fsp3) is 0.286. The number of aromatic nitrogens is 1. The first kappa shape index (κ1) is 10.8. The molecule has 5 heteroatoms. The molecule has 0 aliphatic carbocycles. The van der Waals surface area contributed by atoms with E-state index in [2.05, 4.69) is 0 Å². The van der Waals surface area contributed by atoms with Crippen LogP contribution in [0.1, 0.15) is 17.4 Å². The molecule has 4 nitrogen and oxygen atoms in total. The zero-order valence-electron chi connectivity index (χ0n) is 6.65. The molecule has 0 saturated carbocycles. The number of nitrogens with two attached hydrogens (primary N) is 1. The first-order chi connectivity index (χ1) is 5.16. The molecule has 0 aliphatic heterocycles. The van der Waals surface area contributed by atoms with Crippen LogP contribution in [0.15, 0.2) is 12.3 Å². The van der Waals surface area contributed by atoms with E-state index in [0.29, 0.717) is 12.2 Å². The van der Waals surface area contributed by atoms with Crippen LogP contribution >= 0.6 is 12.4 Å². The van der Waals surface area contributed by atoms with Crippen LogP contribution in [0.4, 0.5) is 5.69 Å². The smallest absolute Gasteiger partial charge is 0.354 e. The lowest BCUT2D eigenvalue weighted by Crippen LogP contribution is -2.08. The molecule has 0 aliphatic rings. The molecule has 3 N–H and O–H groups in total. The maximum atomic E-state index is 10.6. The summed E-state index contributed by atoms with van der Waals surface area (Å²) >= 11 is 0. The van der Waals surface area contributed by atoms with Gasteiger partial charge in [-0.05, 0) is 13.0 Å². The molecule has 0 aromatic carbocycles. The minimum Gasteiger partial charge on any atom is -0.477 e. The standard InChI is InChI=1S/C7H10N2O2.ClH/c1-2-9-4-3-5(8)6(9)7(10)11;/h3-4H,2,8H2,1H3,(H,10,11);1H. The van der Waals surface area contributed by atoms with Crippen LogP contribution in [0.2, 0.25) is 0 Å². The van der Waals surface area contributed by atoms with Crippen LogP contribution in [-0.2, 0) is 6.54 Å². The largest absolute Gasteiger partial charge is 0.477 e. The molecule has 0 unspecified atom stereocenters. The third-order valence-electron chi connectivity index (χ3n) is 1.54. The van der Waals surface area contributed by atoms with Gasteiger partial charge in [0.15, 0.2) is 5.69 Å². The number of carboxylic acids is 1. The normalized spacial score (nSPS) is 9.08. The highest BCUT2D eigenvalue weighted by Crippen LogP contribution is 2.12. The monoisotopic (exact) mass is 190 g/mol. The first-order valence-electron chi connectivity index (χ1n) is 3.34. The van der Waals surface area contributed by atoms with E-state index < -0.39 is 5.97 Å². The predicted octanol–water partition coefficient (Wildman–Crippen LogP) is 1.21. The average molecular weight is 191 g/mol. The van der Waals surface area contributed by atoms with Crippen molar-refractivity contribution in [2.45, 2.75) is 13.5 Å². The van der Waals surface area contributed by atoms with Gasteiger partial charge in [-0.25, -0.2) is 4.79 Å². The van der Waals surface area contributed by atoms with Gasteiger partial charge in [0, 0.05) is 12.7 Å². The van der Waals surface area contributed by atoms with Crippen molar-refractivity contribution in [3.05, 3.63) is 18.0 Å². The van der Waals surface area contributed by atoms with Gasteiger partial charge in [-0.3, -0.25) is 0 Å². The number of rotatable bonds is 2. The summed E-state index contributed by atoms with van der Waals surface area (Å²) in [5.41, 5.74) is 5.91. The van der Waals surface area contributed by atoms with Crippen molar-refractivity contribution in [2.24, 2.45) is 0 Å². The maximum absolute atomic E-state index is 10.6. The van der Waals surface area contributed by atoms with E-state index in [4.69, 9.17) is 10.8 Å². The zero-order valence-corrected chi connectivity index (χ0v) is 7.47. The highest BCUT2D eigenvalue weighted by molar-refractivity contribution is 5.91. The van der Waals surface area contributed by atoms with Crippen molar-refractivity contribution in [1.29, 1.82) is 0 Å². The lowest BCUT2D eigenvalue weighted by molar-refractivity contribution is 0.0686. The summed E-state index contributed by atoms with van der Waals surface area (Å²) in [6.07, 6.45) is 1.67. The molecule has 1 aromatic heterocycles. The van der Waals surface area contributed by atoms with E-state index in [1.807, 2.05) is 6.92 Å². The molecule has 0 atom stereocenters. The fourth-order valence-corrected chi connectivity index (χ4v) is 0.999. The van der Waals surface area contributed by atoms with Crippen molar-refractivity contribution < 1.29 is 9.90 Å². The van der Waals surface area contributed by atoms with Gasteiger partial charge in [0.2, 0.25) is 0 Å². The van der Waals surface area contributed by atoms with Gasteiger partial charge in [0.05, 0.1) is 5.69 Å². The van der Waals surface area contributed by atoms with Crippen LogP contribution in [0.25, 0.3) is 0 Å². The van der Waals surface area contributed by atoms with E-state index in [1.165, 1.54) is 0 Å². The molecule has 1 aromatic rings. The Morgan fingerprint density at radius 1 is 1.75 bits per heavy atom. The molecule has 12 heavy (non-hydrogen) atoms. The van der Waals surface area contributed by atoms with Crippen LogP contribution < -0.4 is 5.73 Å². The van der Waals surface area contributed by atoms with Gasteiger partial charge < -0.3 is 15.4 Å². The van der Waals surface area contributed by atoms with E-state index >= 15 is 0 Å². The molecular formula is C7H11ClN2O2. The van der Waals surface area contributed by atoms with Gasteiger partial charge in [-0.1, -0.05) is 0 Å². The van der Waals surface area contributed by atoms with Crippen molar-refractivity contribution in [3.63, 3.8) is 0 Å². The summed E-state index contributed by atoms with van der Waals surface area (Å²) in [7, 11) is 0. The molecule has 0 radical (unpaired) electrons. The summed E-state index contributed by atoms with van der Waals surface area (Å²) in [6.45, 7) is 2.49. The highest BCUT2D eigenvalue weighted by Gasteiger charge is 2.11. The Labute approximate surface area is 76.4 Å². The molecule has 0 bridgehead atoms. The lowest BCUT2D eigenvalue weighted by Gasteiger charge is -2.00. The van der Waals surface area contributed by atoms with Crippen molar-refractivity contribution in [1.82, 2.24) is 4.57 Å². The van der Waals surface area contributed by atoms with E-state index in [0.717, 1.165) is 0 Å². The molecule has 1 rings (SSSR count). The first-order valence-corrected chi connectivity index (χ1v) is 3.34. The number of carboxylic acid groups (broad SMARTS) is 1. The summed E-state index contributed by atoms with van der Waals surface area (Å²) in [5, 5.41) is 8.67. The summed E-state index contributed by atoms with van der Waals surface area (Å²) < 4.78 is 1.59. The second-order valence-electron chi connectivity index (χ2n) is 2.21. The average Bonchev–Trinajstić information content (AvgIpc) is 2.30. The maximum Gasteiger partial charge on any atom is 0.354 e. The van der Waals surface area contributed by atoms with E-state index in [-0.39, 0.29) is 18.1 Å². The van der Waals surface area contributed by atoms with Gasteiger partial charge >= 0.3 is 5.97 Å². The zero-order chi connectivity index (χ0) is 8.43. The van der Waals surface area contributed by atoms with Crippen molar-refractivity contribution in [2.75, 3.05) is 5.73 Å². The Bertz CT molecular complexity index is 283. The summed E-state index contributed by atoms with van der Waals surface area (Å²) in [4.78, 5) is 10.6. The molecule has 1 heterocycles. The highest BCUT2D eigenvalue weighted by atomic mass is 35.5. The number of hydrogen-bond donors (Lipinski definition) is 2. The van der Waals surface area contributed by atoms with E-state index in [1.54, 1.807) is 16.8 Å². The second-order valence-corrected chi connectivity index (χ2v) is 2.21. The Balaban J connectivity index is 0.00000121. The summed E-state index contributed by atoms with van der Waals surface area (Å²) in [5.74, 6) is -0.977. The Hall–Kier alpha value is -1.16. The fourth-order valence-electron chi connectivity index (χ4n) is 0.999. The van der Waals surface area contributed by atoms with Gasteiger partial charge in [0.1, 0.15) is 0 Å². The Morgan fingerprint density at radius 3 is 2.67 bits per heavy atom. The third kappa shape index (κ3) is 1.71. The second kappa shape index (κ2) is 4.01. The van der Waals surface area contributed by atoms with E-state index in [9.17, 15) is 4.79 Å². The minimum atomic E-state index is -0.977. The topological polar surface area (TPSA) is 68.2 Å². The predicted molar refractivity (Wildman–Crippen MR) is 48.7 cm³/mol. The van der Waals surface area contributed by atoms with Crippen LogP contribution in [0, 0.1) is 0 Å². The van der Waals surface area contributed by atoms with Gasteiger partial charge in [-0.2, -0.15) is 0 Å². The van der Waals surface area contributed by atoms with Gasteiger partial charge in [-0.15, -0.1) is 12.4 Å². The Morgan fingerprint density at radius 2 is 2.33 bits per heavy atom. The molecule has 68 valence electrons. The Kier molecular flexibility index (Phi) is 3.63. The number of carbonyl (C=O) groups is 1. The SMILES string of the molecule is CCn1ccc(N)c1C(=O)O.Cl. The number of halogens is 1. The number of aryl methyl sites for hydroxylation is 1. The van der Waals surface area contributed by atoms with Crippen molar-refractivity contribution >= 4 is 24.1 Å². The summed E-state index contributed by atoms with van der Waals surface area (Å²) in [6, 6.07) is 1.59. The number of anilines is 1. The molecule has 0 fully saturated rings. The number of nitrogen functional groups attached to an aromatic ring is 1. The van der Waals surface area contributed by atoms with Crippen LogP contribution in [0.3, 0.4) is 0 Å². The van der Waals surface area contributed by atoms with Crippen LogP contribution in [-0.4, -0.2) is 15.6 Å². The third-order valence-corrected chi connectivity index (χ3v) is 1.54. The van der Waals surface area contributed by atoms with Crippen LogP contribution in [0.5, 0.6) is 0 Å². The molecule has 0 saturated heterocycles. The molecular weight excluding hydrogens is 180 g/mol. The quantitative estimate of drug-likeness (QED) is 0.737. The number of nitrogens with zero attached hydrogens (tertiary/aromatic N) is 1. The lowest BCUT2D eigenvalue weighted by atomic mass is 10.4. The van der Waals surface area contributed by atoms with Crippen molar-refractivity contribution in [3.8, 4) is 0 Å². The van der Waals surface area contributed by atoms with Gasteiger partial charge in [0.25, 0.3) is 0 Å². The number of aromatic carboxylic acids is 1. The molecule has 0 spiro atoms. The molecule has 0 amide bonds. The number of hydrogen-bond acceptors (Lipinski definition) is 2.